The summed E-state index contributed by atoms with van der Waals surface area (Å²) in [7, 11) is 2.12. The second kappa shape index (κ2) is 4.20. The molecule has 0 radical (unpaired) electrons. The highest BCUT2D eigenvalue weighted by atomic mass is 16.6. The zero-order chi connectivity index (χ0) is 11.8. The van der Waals surface area contributed by atoms with Gasteiger partial charge < -0.3 is 15.2 Å². The zero-order valence-electron chi connectivity index (χ0n) is 10.1. The number of nitrogens with zero attached hydrogens (tertiary/aromatic N) is 1. The monoisotopic (exact) mass is 234 g/mol. The van der Waals surface area contributed by atoms with Crippen molar-refractivity contribution in [3.63, 3.8) is 0 Å². The first-order chi connectivity index (χ1) is 8.24. The minimum Gasteiger partial charge on any atom is -0.486 e. The zero-order valence-corrected chi connectivity index (χ0v) is 10.1. The maximum atomic E-state index is 5.99. The van der Waals surface area contributed by atoms with Gasteiger partial charge in [-0.15, -0.1) is 0 Å². The van der Waals surface area contributed by atoms with Crippen molar-refractivity contribution in [1.29, 1.82) is 0 Å². The Kier molecular flexibility index (Phi) is 2.68. The second-order valence-electron chi connectivity index (χ2n) is 4.85. The van der Waals surface area contributed by atoms with Crippen molar-refractivity contribution in [3.05, 3.63) is 23.8 Å². The third kappa shape index (κ3) is 1.98. The first kappa shape index (κ1) is 10.9. The fourth-order valence-electron chi connectivity index (χ4n) is 2.70. The second-order valence-corrected chi connectivity index (χ2v) is 4.85. The number of likely N-dealkylation sites (N-methyl/N-ethyl adjacent to an activating group) is 1. The number of benzene rings is 1. The average molecular weight is 234 g/mol. The van der Waals surface area contributed by atoms with Crippen LogP contribution in [-0.4, -0.2) is 37.7 Å². The summed E-state index contributed by atoms with van der Waals surface area (Å²) in [5, 5.41) is 0. The number of hydrogen-bond donors (Lipinski definition) is 1. The van der Waals surface area contributed by atoms with Crippen LogP contribution in [0.25, 0.3) is 0 Å². The van der Waals surface area contributed by atoms with Gasteiger partial charge in [0.15, 0.2) is 11.5 Å². The Morgan fingerprint density at radius 2 is 2.00 bits per heavy atom. The first-order valence-electron chi connectivity index (χ1n) is 6.09. The number of ether oxygens (including phenoxy) is 2. The van der Waals surface area contributed by atoms with Gasteiger partial charge in [-0.25, -0.2) is 0 Å². The fourth-order valence-corrected chi connectivity index (χ4v) is 2.70. The molecule has 2 atom stereocenters. The maximum absolute atomic E-state index is 5.99. The molecule has 4 nitrogen and oxygen atoms in total. The van der Waals surface area contributed by atoms with Crippen LogP contribution in [0, 0.1) is 0 Å². The molecule has 2 unspecified atom stereocenters. The van der Waals surface area contributed by atoms with Gasteiger partial charge in [0.2, 0.25) is 0 Å². The van der Waals surface area contributed by atoms with Crippen LogP contribution in [0.3, 0.4) is 0 Å². The largest absolute Gasteiger partial charge is 0.486 e. The van der Waals surface area contributed by atoms with Gasteiger partial charge in [0.05, 0.1) is 0 Å². The number of rotatable bonds is 1. The molecule has 1 saturated heterocycles. The molecule has 0 spiro atoms. The smallest absolute Gasteiger partial charge is 0.161 e. The maximum Gasteiger partial charge on any atom is 0.161 e. The van der Waals surface area contributed by atoms with Crippen LogP contribution in [0.5, 0.6) is 11.5 Å². The molecule has 1 fully saturated rings. The molecule has 0 aromatic heterocycles. The van der Waals surface area contributed by atoms with Crippen LogP contribution in [-0.2, 0) is 0 Å². The Labute approximate surface area is 101 Å². The minimum absolute atomic E-state index is 0.276. The van der Waals surface area contributed by atoms with E-state index in [-0.39, 0.29) is 6.04 Å². The van der Waals surface area contributed by atoms with Gasteiger partial charge in [0.25, 0.3) is 0 Å². The molecule has 4 heteroatoms. The number of nitrogens with two attached hydrogens (primary N) is 1. The highest BCUT2D eigenvalue weighted by molar-refractivity contribution is 5.44. The van der Waals surface area contributed by atoms with Crippen molar-refractivity contribution in [1.82, 2.24) is 4.90 Å². The van der Waals surface area contributed by atoms with Crippen LogP contribution in [0.2, 0.25) is 0 Å². The Hall–Kier alpha value is -1.26. The van der Waals surface area contributed by atoms with Crippen molar-refractivity contribution in [3.8, 4) is 11.5 Å². The van der Waals surface area contributed by atoms with Gasteiger partial charge in [-0.05, 0) is 31.2 Å². The molecule has 17 heavy (non-hydrogen) atoms. The van der Waals surface area contributed by atoms with E-state index < -0.39 is 0 Å². The molecule has 0 saturated carbocycles. The normalized spacial score (nSPS) is 28.4. The van der Waals surface area contributed by atoms with Crippen LogP contribution < -0.4 is 15.2 Å². The number of fused-ring (bicyclic) bond motifs is 1. The Morgan fingerprint density at radius 3 is 2.71 bits per heavy atom. The Bertz CT molecular complexity index is 422. The van der Waals surface area contributed by atoms with Crippen molar-refractivity contribution in [2.24, 2.45) is 5.73 Å². The molecule has 2 N–H and O–H groups in total. The number of hydrogen-bond acceptors (Lipinski definition) is 4. The lowest BCUT2D eigenvalue weighted by atomic mass is 10.0. The highest BCUT2D eigenvalue weighted by Gasteiger charge is 2.29. The summed E-state index contributed by atoms with van der Waals surface area (Å²) in [4.78, 5) is 2.30. The first-order valence-corrected chi connectivity index (χ1v) is 6.09. The van der Waals surface area contributed by atoms with Crippen molar-refractivity contribution in [2.75, 3.05) is 26.8 Å². The van der Waals surface area contributed by atoms with E-state index in [1.807, 2.05) is 6.07 Å². The SMILES string of the molecule is CN1CC(N)CC1c1ccc2c(c1)OCCO2. The molecular weight excluding hydrogens is 216 g/mol. The van der Waals surface area contributed by atoms with Crippen LogP contribution in [0.4, 0.5) is 0 Å². The van der Waals surface area contributed by atoms with E-state index in [9.17, 15) is 0 Å². The molecule has 92 valence electrons. The standard InChI is InChI=1S/C13H18N2O2/c1-15-8-10(14)7-11(15)9-2-3-12-13(6-9)17-5-4-16-12/h2-3,6,10-11H,4-5,7-8,14H2,1H3. The fraction of sp³-hybridized carbons (Fsp3) is 0.538. The van der Waals surface area contributed by atoms with Crippen molar-refractivity contribution >= 4 is 0 Å². The molecule has 1 aromatic rings. The lowest BCUT2D eigenvalue weighted by Gasteiger charge is -2.23. The molecule has 2 aliphatic rings. The van der Waals surface area contributed by atoms with E-state index in [0.29, 0.717) is 19.3 Å². The van der Waals surface area contributed by atoms with Crippen LogP contribution in [0.15, 0.2) is 18.2 Å². The third-order valence-electron chi connectivity index (χ3n) is 3.53. The van der Waals surface area contributed by atoms with Gasteiger partial charge in [0, 0.05) is 18.6 Å². The molecular formula is C13H18N2O2. The van der Waals surface area contributed by atoms with E-state index in [0.717, 1.165) is 24.5 Å². The van der Waals surface area contributed by atoms with Crippen LogP contribution >= 0.6 is 0 Å². The summed E-state index contributed by atoms with van der Waals surface area (Å²) in [6, 6.07) is 6.89. The molecule has 1 aromatic carbocycles. The summed E-state index contributed by atoms with van der Waals surface area (Å²) in [5.41, 5.74) is 7.26. The summed E-state index contributed by atoms with van der Waals surface area (Å²) in [5.74, 6) is 1.72. The lowest BCUT2D eigenvalue weighted by molar-refractivity contribution is 0.171. The molecule has 2 heterocycles. The molecule has 0 amide bonds. The van der Waals surface area contributed by atoms with Gasteiger partial charge in [-0.1, -0.05) is 6.07 Å². The predicted molar refractivity (Wildman–Crippen MR) is 65.4 cm³/mol. The summed E-state index contributed by atoms with van der Waals surface area (Å²) in [6.07, 6.45) is 1.01. The Balaban J connectivity index is 1.88. The van der Waals surface area contributed by atoms with E-state index in [1.54, 1.807) is 0 Å². The Morgan fingerprint density at radius 1 is 1.24 bits per heavy atom. The lowest BCUT2D eigenvalue weighted by Crippen LogP contribution is -2.24. The van der Waals surface area contributed by atoms with E-state index in [1.165, 1.54) is 5.56 Å². The van der Waals surface area contributed by atoms with Gasteiger partial charge in [0.1, 0.15) is 13.2 Å². The number of likely N-dealkylation sites (tertiary alicyclic amines) is 1. The quantitative estimate of drug-likeness (QED) is 0.792. The van der Waals surface area contributed by atoms with Gasteiger partial charge in [-0.3, -0.25) is 4.90 Å². The topological polar surface area (TPSA) is 47.7 Å². The van der Waals surface area contributed by atoms with Crippen LogP contribution in [0.1, 0.15) is 18.0 Å². The highest BCUT2D eigenvalue weighted by Crippen LogP contribution is 2.36. The molecule has 3 rings (SSSR count). The minimum atomic E-state index is 0.276. The summed E-state index contributed by atoms with van der Waals surface area (Å²) in [6.45, 7) is 2.23. The summed E-state index contributed by atoms with van der Waals surface area (Å²) >= 11 is 0. The third-order valence-corrected chi connectivity index (χ3v) is 3.53. The van der Waals surface area contributed by atoms with Crippen molar-refractivity contribution in [2.45, 2.75) is 18.5 Å². The summed E-state index contributed by atoms with van der Waals surface area (Å²) < 4.78 is 11.1. The van der Waals surface area contributed by atoms with Crippen molar-refractivity contribution < 1.29 is 9.47 Å². The molecule has 0 bridgehead atoms. The molecule has 2 aliphatic heterocycles. The predicted octanol–water partition coefficient (Wildman–Crippen LogP) is 1.16. The average Bonchev–Trinajstić information content (AvgIpc) is 2.68. The van der Waals surface area contributed by atoms with E-state index in [4.69, 9.17) is 15.2 Å². The molecule has 0 aliphatic carbocycles. The van der Waals surface area contributed by atoms with E-state index in [2.05, 4.69) is 24.1 Å². The van der Waals surface area contributed by atoms with E-state index >= 15 is 0 Å². The van der Waals surface area contributed by atoms with Gasteiger partial charge >= 0.3 is 0 Å². The van der Waals surface area contributed by atoms with Gasteiger partial charge in [-0.2, -0.15) is 0 Å².